The van der Waals surface area contributed by atoms with Gasteiger partial charge in [0, 0.05) is 13.1 Å². The Morgan fingerprint density at radius 3 is 2.48 bits per heavy atom. The summed E-state index contributed by atoms with van der Waals surface area (Å²) in [6, 6.07) is 1.79. The molecule has 1 amide bonds. The summed E-state index contributed by atoms with van der Waals surface area (Å²) in [5.41, 5.74) is -0.649. The number of nitrogens with zero attached hydrogens (tertiary/aromatic N) is 1. The van der Waals surface area contributed by atoms with Crippen molar-refractivity contribution in [2.24, 2.45) is 5.92 Å². The van der Waals surface area contributed by atoms with Gasteiger partial charge in [0.05, 0.1) is 16.7 Å². The Hall–Kier alpha value is -2.18. The van der Waals surface area contributed by atoms with E-state index in [9.17, 15) is 19.3 Å². The lowest BCUT2D eigenvalue weighted by Crippen LogP contribution is -2.34. The molecule has 0 aliphatic heterocycles. The van der Waals surface area contributed by atoms with Gasteiger partial charge in [-0.15, -0.1) is 0 Å². The lowest BCUT2D eigenvalue weighted by Gasteiger charge is -2.16. The Kier molecular flexibility index (Phi) is 5.63. The molecule has 116 valence electrons. The third-order valence-corrected chi connectivity index (χ3v) is 3.00. The van der Waals surface area contributed by atoms with Crippen molar-refractivity contribution < 1.29 is 14.1 Å². The van der Waals surface area contributed by atoms with Gasteiger partial charge in [0.15, 0.2) is 5.82 Å². The van der Waals surface area contributed by atoms with Crippen molar-refractivity contribution >= 4 is 17.3 Å². The Morgan fingerprint density at radius 1 is 1.38 bits per heavy atom. The normalized spacial score (nSPS) is 12.1. The average molecular weight is 297 g/mol. The van der Waals surface area contributed by atoms with Crippen LogP contribution in [0.15, 0.2) is 12.1 Å². The third kappa shape index (κ3) is 4.40. The molecule has 1 aromatic carbocycles. The maximum absolute atomic E-state index is 13.6. The Morgan fingerprint density at radius 2 is 2.00 bits per heavy atom. The van der Waals surface area contributed by atoms with Gasteiger partial charge < -0.3 is 10.6 Å². The van der Waals surface area contributed by atoms with Gasteiger partial charge in [-0.2, -0.15) is 0 Å². The maximum Gasteiger partial charge on any atom is 0.285 e. The highest BCUT2D eigenvalue weighted by molar-refractivity contribution is 5.99. The van der Waals surface area contributed by atoms with Crippen LogP contribution >= 0.6 is 0 Å². The predicted octanol–water partition coefficient (Wildman–Crippen LogP) is 2.94. The fraction of sp³-hybridized carbons (Fsp3) is 0.500. The molecule has 0 saturated heterocycles. The van der Waals surface area contributed by atoms with E-state index >= 15 is 0 Å². The topological polar surface area (TPSA) is 84.3 Å². The van der Waals surface area contributed by atoms with E-state index in [4.69, 9.17) is 0 Å². The standard InChI is InChI=1S/C14H20FN3O3/c1-8(2)5-9(3)17-14(19)10-6-12(16-4)11(15)7-13(10)18(20)21/h6-9,16H,5H2,1-4H3,(H,17,19). The fourth-order valence-electron chi connectivity index (χ4n) is 2.15. The van der Waals surface area contributed by atoms with Gasteiger partial charge in [-0.3, -0.25) is 14.9 Å². The zero-order valence-corrected chi connectivity index (χ0v) is 12.6. The number of halogens is 1. The van der Waals surface area contributed by atoms with Crippen molar-refractivity contribution in [2.45, 2.75) is 33.2 Å². The van der Waals surface area contributed by atoms with Crippen molar-refractivity contribution in [2.75, 3.05) is 12.4 Å². The van der Waals surface area contributed by atoms with Crippen LogP contribution in [0.3, 0.4) is 0 Å². The molecule has 0 aliphatic rings. The van der Waals surface area contributed by atoms with Crippen LogP contribution < -0.4 is 10.6 Å². The van der Waals surface area contributed by atoms with E-state index in [0.717, 1.165) is 18.6 Å². The number of anilines is 1. The van der Waals surface area contributed by atoms with E-state index in [1.165, 1.54) is 7.05 Å². The minimum atomic E-state index is -0.768. The molecule has 21 heavy (non-hydrogen) atoms. The molecule has 0 aliphatic carbocycles. The Labute approximate surface area is 122 Å². The number of nitrogens with one attached hydrogen (secondary N) is 2. The lowest BCUT2D eigenvalue weighted by molar-refractivity contribution is -0.385. The van der Waals surface area contributed by atoms with E-state index in [-0.39, 0.29) is 17.3 Å². The molecule has 0 spiro atoms. The zero-order valence-electron chi connectivity index (χ0n) is 12.6. The number of benzene rings is 1. The van der Waals surface area contributed by atoms with Crippen LogP contribution in [0.5, 0.6) is 0 Å². The largest absolute Gasteiger partial charge is 0.386 e. The van der Waals surface area contributed by atoms with Crippen LogP contribution in [0.25, 0.3) is 0 Å². The molecule has 0 bridgehead atoms. The summed E-state index contributed by atoms with van der Waals surface area (Å²) in [4.78, 5) is 22.4. The van der Waals surface area contributed by atoms with E-state index in [2.05, 4.69) is 10.6 Å². The predicted molar refractivity (Wildman–Crippen MR) is 79.0 cm³/mol. The summed E-state index contributed by atoms with van der Waals surface area (Å²) < 4.78 is 13.6. The quantitative estimate of drug-likeness (QED) is 0.624. The molecular weight excluding hydrogens is 277 g/mol. The highest BCUT2D eigenvalue weighted by Crippen LogP contribution is 2.26. The van der Waals surface area contributed by atoms with E-state index in [0.29, 0.717) is 5.92 Å². The molecule has 2 N–H and O–H groups in total. The van der Waals surface area contributed by atoms with Gasteiger partial charge in [0.2, 0.25) is 0 Å². The molecule has 0 fully saturated rings. The molecule has 1 rings (SSSR count). The van der Waals surface area contributed by atoms with Crippen LogP contribution in [-0.4, -0.2) is 23.9 Å². The minimum absolute atomic E-state index is 0.0438. The van der Waals surface area contributed by atoms with E-state index < -0.39 is 22.3 Å². The molecule has 7 heteroatoms. The van der Waals surface area contributed by atoms with Crippen molar-refractivity contribution in [1.29, 1.82) is 0 Å². The summed E-state index contributed by atoms with van der Waals surface area (Å²) in [5.74, 6) is -0.960. The fourth-order valence-corrected chi connectivity index (χ4v) is 2.15. The van der Waals surface area contributed by atoms with Crippen LogP contribution in [0, 0.1) is 21.8 Å². The number of carbonyl (C=O) groups is 1. The molecular formula is C14H20FN3O3. The SMILES string of the molecule is CNc1cc(C(=O)NC(C)CC(C)C)c([N+](=O)[O-])cc1F. The first-order chi connectivity index (χ1) is 9.76. The van der Waals surface area contributed by atoms with Gasteiger partial charge in [0.25, 0.3) is 11.6 Å². The van der Waals surface area contributed by atoms with Gasteiger partial charge >= 0.3 is 0 Å². The maximum atomic E-state index is 13.6. The highest BCUT2D eigenvalue weighted by Gasteiger charge is 2.24. The van der Waals surface area contributed by atoms with Crippen LogP contribution in [0.2, 0.25) is 0 Å². The van der Waals surface area contributed by atoms with Crippen molar-refractivity contribution in [3.63, 3.8) is 0 Å². The monoisotopic (exact) mass is 297 g/mol. The van der Waals surface area contributed by atoms with Gasteiger partial charge in [0.1, 0.15) is 5.56 Å². The van der Waals surface area contributed by atoms with Crippen LogP contribution in [0.4, 0.5) is 15.8 Å². The van der Waals surface area contributed by atoms with Crippen molar-refractivity contribution in [3.05, 3.63) is 33.6 Å². The first kappa shape index (κ1) is 16.9. The second-order valence-corrected chi connectivity index (χ2v) is 5.36. The number of nitro benzene ring substituents is 1. The second-order valence-electron chi connectivity index (χ2n) is 5.36. The first-order valence-electron chi connectivity index (χ1n) is 6.72. The van der Waals surface area contributed by atoms with Gasteiger partial charge in [-0.25, -0.2) is 4.39 Å². The van der Waals surface area contributed by atoms with E-state index in [1.54, 1.807) is 0 Å². The molecule has 0 saturated carbocycles. The molecule has 0 radical (unpaired) electrons. The number of rotatable bonds is 6. The van der Waals surface area contributed by atoms with Crippen molar-refractivity contribution in [1.82, 2.24) is 5.32 Å². The molecule has 6 nitrogen and oxygen atoms in total. The number of hydrogen-bond acceptors (Lipinski definition) is 4. The Balaban J connectivity index is 3.09. The van der Waals surface area contributed by atoms with Crippen LogP contribution in [-0.2, 0) is 0 Å². The summed E-state index contributed by atoms with van der Waals surface area (Å²) >= 11 is 0. The number of nitro groups is 1. The van der Waals surface area contributed by atoms with Crippen LogP contribution in [0.1, 0.15) is 37.6 Å². The summed E-state index contributed by atoms with van der Waals surface area (Å²) in [6.45, 7) is 5.86. The summed E-state index contributed by atoms with van der Waals surface area (Å²) in [6.07, 6.45) is 0.750. The summed E-state index contributed by atoms with van der Waals surface area (Å²) in [5, 5.41) is 16.2. The second kappa shape index (κ2) is 7.01. The average Bonchev–Trinajstić information content (AvgIpc) is 2.36. The molecule has 0 heterocycles. The van der Waals surface area contributed by atoms with Crippen molar-refractivity contribution in [3.8, 4) is 0 Å². The number of carbonyl (C=O) groups excluding carboxylic acids is 1. The van der Waals surface area contributed by atoms with Gasteiger partial charge in [-0.1, -0.05) is 13.8 Å². The Bertz CT molecular complexity index is 547. The molecule has 1 unspecified atom stereocenters. The lowest BCUT2D eigenvalue weighted by atomic mass is 10.0. The molecule has 1 atom stereocenters. The number of amides is 1. The van der Waals surface area contributed by atoms with E-state index in [1.807, 2.05) is 20.8 Å². The van der Waals surface area contributed by atoms with Gasteiger partial charge in [-0.05, 0) is 25.3 Å². The molecule has 1 aromatic rings. The molecule has 0 aromatic heterocycles. The highest BCUT2D eigenvalue weighted by atomic mass is 19.1. The summed E-state index contributed by atoms with van der Waals surface area (Å²) in [7, 11) is 1.48. The third-order valence-electron chi connectivity index (χ3n) is 3.00. The smallest absolute Gasteiger partial charge is 0.285 e. The number of hydrogen-bond donors (Lipinski definition) is 2. The minimum Gasteiger partial charge on any atom is -0.386 e. The zero-order chi connectivity index (χ0) is 16.2. The first-order valence-corrected chi connectivity index (χ1v) is 6.72.